The van der Waals surface area contributed by atoms with E-state index in [9.17, 15) is 4.57 Å². The Hall–Kier alpha value is -1.28. The highest BCUT2D eigenvalue weighted by Gasteiger charge is 2.75. The molecule has 3 aliphatic heterocycles. The summed E-state index contributed by atoms with van der Waals surface area (Å²) in [5.41, 5.74) is 2.72. The number of nitrogens with zero attached hydrogens (tertiary/aromatic N) is 1. The lowest BCUT2D eigenvalue weighted by Crippen LogP contribution is -1.97. The van der Waals surface area contributed by atoms with Crippen LogP contribution in [0.5, 0.6) is 0 Å². The highest BCUT2D eigenvalue weighted by atomic mass is 31.2. The zero-order valence-electron chi connectivity index (χ0n) is 9.13. The van der Waals surface area contributed by atoms with Crippen molar-refractivity contribution in [2.75, 3.05) is 0 Å². The number of hydrogen-bond donors (Lipinski definition) is 1. The van der Waals surface area contributed by atoms with Crippen molar-refractivity contribution in [2.24, 2.45) is 0 Å². The molecule has 0 spiro atoms. The van der Waals surface area contributed by atoms with Gasteiger partial charge in [-0.15, -0.1) is 0 Å². The Morgan fingerprint density at radius 3 is 2.75 bits per heavy atom. The first-order valence-electron chi connectivity index (χ1n) is 5.52. The third-order valence-electron chi connectivity index (χ3n) is 3.27. The summed E-state index contributed by atoms with van der Waals surface area (Å²) in [6.07, 6.45) is 2.01. The van der Waals surface area contributed by atoms with Crippen LogP contribution in [0.1, 0.15) is 24.9 Å². The fraction of sp³-hybridized carbons (Fsp3) is 0.364. The molecular formula is C11H11N2O2P. The highest BCUT2D eigenvalue weighted by molar-refractivity contribution is 8.06. The summed E-state index contributed by atoms with van der Waals surface area (Å²) in [5, 5.41) is 1.97. The second kappa shape index (κ2) is 2.35. The lowest BCUT2D eigenvalue weighted by molar-refractivity contribution is 0.590. The van der Waals surface area contributed by atoms with Crippen LogP contribution >= 0.6 is 7.14 Å². The van der Waals surface area contributed by atoms with Crippen LogP contribution in [0.15, 0.2) is 4.42 Å². The van der Waals surface area contributed by atoms with Crippen LogP contribution in [0.3, 0.4) is 0 Å². The van der Waals surface area contributed by atoms with Crippen molar-refractivity contribution in [3.63, 3.8) is 0 Å². The van der Waals surface area contributed by atoms with Crippen molar-refractivity contribution in [1.82, 2.24) is 9.97 Å². The van der Waals surface area contributed by atoms with Crippen LogP contribution in [0.2, 0.25) is 0 Å². The Bertz CT molecular complexity index is 671. The van der Waals surface area contributed by atoms with Gasteiger partial charge in [-0.05, 0) is 13.3 Å². The Kier molecular flexibility index (Phi) is 1.30. The molecule has 4 nitrogen and oxygen atoms in total. The normalized spacial score (nSPS) is 23.4. The summed E-state index contributed by atoms with van der Waals surface area (Å²) in [7, 11) is -2.11. The van der Waals surface area contributed by atoms with E-state index in [0.29, 0.717) is 0 Å². The van der Waals surface area contributed by atoms with Crippen molar-refractivity contribution in [2.45, 2.75) is 26.7 Å². The average Bonchev–Trinajstić information content (AvgIpc) is 2.80. The van der Waals surface area contributed by atoms with Gasteiger partial charge in [-0.3, -0.25) is 0 Å². The largest absolute Gasteiger partial charge is 0.449 e. The van der Waals surface area contributed by atoms with Gasteiger partial charge in [-0.2, -0.15) is 0 Å². The molecule has 3 aliphatic rings. The van der Waals surface area contributed by atoms with Gasteiger partial charge in [-0.1, -0.05) is 13.3 Å². The lowest BCUT2D eigenvalue weighted by atomic mass is 10.2. The second-order valence-corrected chi connectivity index (χ2v) is 6.96. The summed E-state index contributed by atoms with van der Waals surface area (Å²) >= 11 is 0. The maximum Gasteiger partial charge on any atom is 0.214 e. The van der Waals surface area contributed by atoms with E-state index in [1.54, 1.807) is 0 Å². The first-order chi connectivity index (χ1) is 7.67. The number of aromatic nitrogens is 2. The Morgan fingerprint density at radius 2 is 2.19 bits per heavy atom. The van der Waals surface area contributed by atoms with E-state index in [1.165, 1.54) is 0 Å². The van der Waals surface area contributed by atoms with Gasteiger partial charge in [0.1, 0.15) is 11.5 Å². The monoisotopic (exact) mass is 234 g/mol. The Balaban J connectivity index is 1.87. The number of nitrogens with one attached hydrogen (secondary N) is 1. The van der Waals surface area contributed by atoms with Gasteiger partial charge in [0, 0.05) is 5.69 Å². The molecule has 0 fully saturated rings. The van der Waals surface area contributed by atoms with E-state index >= 15 is 0 Å². The number of fused-ring (bicyclic) bond motifs is 1. The molecule has 0 amide bonds. The zero-order valence-corrected chi connectivity index (χ0v) is 10.0. The van der Waals surface area contributed by atoms with Crippen molar-refractivity contribution in [1.29, 1.82) is 0 Å². The molecule has 0 saturated carbocycles. The first kappa shape index (κ1) is 8.82. The number of hydrogen-bond acceptors (Lipinski definition) is 3. The smallest absolute Gasteiger partial charge is 0.214 e. The molecular weight excluding hydrogens is 223 g/mol. The minimum absolute atomic E-state index is 0.751. The van der Waals surface area contributed by atoms with Crippen LogP contribution < -0.4 is 16.1 Å². The predicted molar refractivity (Wildman–Crippen MR) is 61.5 cm³/mol. The topological polar surface area (TPSA) is 58.9 Å². The minimum Gasteiger partial charge on any atom is -0.449 e. The first-order valence-corrected chi connectivity index (χ1v) is 7.23. The van der Waals surface area contributed by atoms with Gasteiger partial charge >= 0.3 is 0 Å². The third-order valence-corrected chi connectivity index (χ3v) is 5.82. The summed E-state index contributed by atoms with van der Waals surface area (Å²) in [6.45, 7) is 4.06. The molecule has 0 aromatic carbocycles. The molecule has 1 atom stereocenters. The molecule has 2 bridgehead atoms. The van der Waals surface area contributed by atoms with E-state index in [4.69, 9.17) is 4.42 Å². The van der Waals surface area contributed by atoms with Crippen LogP contribution in [-0.2, 0) is 11.0 Å². The molecule has 16 heavy (non-hydrogen) atoms. The van der Waals surface area contributed by atoms with Crippen molar-refractivity contribution >= 4 is 23.3 Å². The highest BCUT2D eigenvalue weighted by Crippen LogP contribution is 2.70. The number of furan rings is 1. The van der Waals surface area contributed by atoms with Gasteiger partial charge in [0.2, 0.25) is 7.14 Å². The van der Waals surface area contributed by atoms with Gasteiger partial charge < -0.3 is 14.0 Å². The quantitative estimate of drug-likeness (QED) is 0.542. The molecule has 5 rings (SSSR count). The maximum atomic E-state index is 11.9. The molecule has 0 radical (unpaired) electrons. The SMILES string of the molecule is CCCc1[nH]c(C)nc1-c1oc2c3c1P23=O. The second-order valence-electron chi connectivity index (χ2n) is 4.44. The summed E-state index contributed by atoms with van der Waals surface area (Å²) in [5.74, 6) is 1.66. The number of rotatable bonds is 3. The van der Waals surface area contributed by atoms with Crippen LogP contribution in [0.4, 0.5) is 0 Å². The standard InChI is InChI=1S/C11H11N2O2P/c1-3-4-6-7(13-5(2)12-6)8-9-10-11(15-8)16(9,10)14/h3-4H2,1-2H3,(H,12,13). The summed E-state index contributed by atoms with van der Waals surface area (Å²) < 4.78 is 17.5. The van der Waals surface area contributed by atoms with Gasteiger partial charge in [0.25, 0.3) is 0 Å². The average molecular weight is 234 g/mol. The molecule has 0 saturated heterocycles. The van der Waals surface area contributed by atoms with Crippen molar-refractivity contribution in [3.05, 3.63) is 11.5 Å². The summed E-state index contributed by atoms with van der Waals surface area (Å²) in [6, 6.07) is 0. The Labute approximate surface area is 92.4 Å². The number of imidazole rings is 1. The number of aryl methyl sites for hydroxylation is 2. The fourth-order valence-corrected chi connectivity index (χ4v) is 4.90. The van der Waals surface area contributed by atoms with Gasteiger partial charge in [0.15, 0.2) is 11.3 Å². The molecule has 5 heterocycles. The van der Waals surface area contributed by atoms with Crippen molar-refractivity contribution < 1.29 is 8.98 Å². The van der Waals surface area contributed by atoms with E-state index < -0.39 is 7.14 Å². The molecule has 1 unspecified atom stereocenters. The fourth-order valence-electron chi connectivity index (χ4n) is 2.42. The van der Waals surface area contributed by atoms with Crippen LogP contribution in [-0.4, -0.2) is 9.97 Å². The minimum atomic E-state index is -2.11. The molecule has 5 heteroatoms. The molecule has 82 valence electrons. The van der Waals surface area contributed by atoms with Crippen LogP contribution in [0, 0.1) is 6.92 Å². The molecule has 1 N–H and O–H groups in total. The third kappa shape index (κ3) is 0.767. The van der Waals surface area contributed by atoms with E-state index in [-0.39, 0.29) is 0 Å². The van der Waals surface area contributed by atoms with Crippen molar-refractivity contribution in [3.8, 4) is 11.5 Å². The van der Waals surface area contributed by atoms with E-state index in [2.05, 4.69) is 16.9 Å². The zero-order chi connectivity index (χ0) is 11.1. The van der Waals surface area contributed by atoms with Gasteiger partial charge in [0.05, 0.1) is 10.6 Å². The Morgan fingerprint density at radius 1 is 1.44 bits per heavy atom. The lowest BCUT2D eigenvalue weighted by Gasteiger charge is -1.96. The number of H-pyrrole nitrogens is 1. The van der Waals surface area contributed by atoms with Crippen LogP contribution in [0.25, 0.3) is 11.5 Å². The van der Waals surface area contributed by atoms with E-state index in [0.717, 1.165) is 51.9 Å². The summed E-state index contributed by atoms with van der Waals surface area (Å²) in [4.78, 5) is 7.70. The predicted octanol–water partition coefficient (Wildman–Crippen LogP) is 1.20. The maximum absolute atomic E-state index is 11.9. The number of aromatic amines is 1. The molecule has 0 aliphatic carbocycles. The molecule has 2 aromatic rings. The van der Waals surface area contributed by atoms with E-state index in [1.807, 2.05) is 6.92 Å². The van der Waals surface area contributed by atoms with Gasteiger partial charge in [-0.25, -0.2) is 4.98 Å². The molecule has 2 aromatic heterocycles.